The van der Waals surface area contributed by atoms with Crippen molar-refractivity contribution in [3.05, 3.63) is 29.6 Å². The number of pyridine rings is 1. The molecule has 0 radical (unpaired) electrons. The second-order valence-electron chi connectivity index (χ2n) is 2.52. The molecule has 4 heteroatoms. The second-order valence-corrected chi connectivity index (χ2v) is 3.96. The number of aromatic nitrogens is 1. The predicted octanol–water partition coefficient (Wildman–Crippen LogP) is 0.452. The van der Waals surface area contributed by atoms with E-state index in [0.717, 1.165) is 11.1 Å². The molecule has 0 aliphatic rings. The average molecular weight is 185 g/mol. The Bertz CT molecular complexity index is 288. The van der Waals surface area contributed by atoms with Crippen LogP contribution in [0.3, 0.4) is 0 Å². The molecule has 1 aromatic rings. The molecular formula is C8H11NO2S. The molecule has 0 fully saturated rings. The topological polar surface area (TPSA) is 50.2 Å². The van der Waals surface area contributed by atoms with Crippen molar-refractivity contribution in [3.63, 3.8) is 0 Å². The smallest absolute Gasteiger partial charge is 0.0685 e. The van der Waals surface area contributed by atoms with E-state index in [4.69, 9.17) is 5.11 Å². The number of rotatable bonds is 3. The first-order valence-corrected chi connectivity index (χ1v) is 5.29. The van der Waals surface area contributed by atoms with Crippen LogP contribution < -0.4 is 0 Å². The third-order valence-electron chi connectivity index (χ3n) is 1.53. The van der Waals surface area contributed by atoms with Crippen molar-refractivity contribution >= 4 is 10.8 Å². The molecule has 3 nitrogen and oxygen atoms in total. The standard InChI is InChI=1S/C8H11NO2S/c1-12(11)6-8-4-9-3-2-7(8)5-10/h2-4,10H,5-6H2,1H3. The lowest BCUT2D eigenvalue weighted by molar-refractivity contribution is 0.281. The van der Waals surface area contributed by atoms with E-state index in [1.165, 1.54) is 0 Å². The Morgan fingerprint density at radius 3 is 2.92 bits per heavy atom. The Morgan fingerprint density at radius 1 is 1.58 bits per heavy atom. The Labute approximate surface area is 73.9 Å². The van der Waals surface area contributed by atoms with Gasteiger partial charge in [0.25, 0.3) is 0 Å². The van der Waals surface area contributed by atoms with Crippen LogP contribution in [-0.2, 0) is 23.2 Å². The average Bonchev–Trinajstić information content (AvgIpc) is 2.04. The fraction of sp³-hybridized carbons (Fsp3) is 0.375. The maximum absolute atomic E-state index is 10.9. The minimum atomic E-state index is -0.880. The van der Waals surface area contributed by atoms with Gasteiger partial charge >= 0.3 is 0 Å². The molecule has 0 bridgehead atoms. The predicted molar refractivity (Wildman–Crippen MR) is 47.9 cm³/mol. The van der Waals surface area contributed by atoms with E-state index >= 15 is 0 Å². The summed E-state index contributed by atoms with van der Waals surface area (Å²) in [6.45, 7) is -0.0188. The molecule has 0 aliphatic heterocycles. The second kappa shape index (κ2) is 4.33. The highest BCUT2D eigenvalue weighted by Gasteiger charge is 2.02. The lowest BCUT2D eigenvalue weighted by Gasteiger charge is -2.03. The molecular weight excluding hydrogens is 174 g/mol. The van der Waals surface area contributed by atoms with Crippen LogP contribution in [0.25, 0.3) is 0 Å². The van der Waals surface area contributed by atoms with Gasteiger partial charge in [0.1, 0.15) is 0 Å². The van der Waals surface area contributed by atoms with E-state index in [1.54, 1.807) is 24.7 Å². The van der Waals surface area contributed by atoms with E-state index in [1.807, 2.05) is 0 Å². The molecule has 0 aromatic carbocycles. The number of hydrogen-bond acceptors (Lipinski definition) is 3. The van der Waals surface area contributed by atoms with Gasteiger partial charge in [0.15, 0.2) is 0 Å². The van der Waals surface area contributed by atoms with Gasteiger partial charge in [-0.15, -0.1) is 0 Å². The van der Waals surface area contributed by atoms with Gasteiger partial charge in [-0.25, -0.2) is 0 Å². The maximum atomic E-state index is 10.9. The molecule has 66 valence electrons. The van der Waals surface area contributed by atoms with Gasteiger partial charge in [-0.3, -0.25) is 9.19 Å². The van der Waals surface area contributed by atoms with Gasteiger partial charge in [-0.05, 0) is 17.2 Å². The summed E-state index contributed by atoms with van der Waals surface area (Å²) in [5.74, 6) is 0.462. The SMILES string of the molecule is CS(=O)Cc1cnccc1CO. The van der Waals surface area contributed by atoms with Gasteiger partial charge in [-0.1, -0.05) is 0 Å². The van der Waals surface area contributed by atoms with E-state index in [9.17, 15) is 4.21 Å². The fourth-order valence-electron chi connectivity index (χ4n) is 0.959. The lowest BCUT2D eigenvalue weighted by atomic mass is 10.2. The normalized spacial score (nSPS) is 12.8. The minimum absolute atomic E-state index is 0.0188. The number of aliphatic hydroxyl groups excluding tert-OH is 1. The molecule has 0 saturated heterocycles. The van der Waals surface area contributed by atoms with Crippen LogP contribution in [0.1, 0.15) is 11.1 Å². The maximum Gasteiger partial charge on any atom is 0.0685 e. The van der Waals surface area contributed by atoms with E-state index in [-0.39, 0.29) is 6.61 Å². The van der Waals surface area contributed by atoms with Crippen molar-refractivity contribution in [2.24, 2.45) is 0 Å². The molecule has 1 unspecified atom stereocenters. The van der Waals surface area contributed by atoms with E-state index in [2.05, 4.69) is 4.98 Å². The minimum Gasteiger partial charge on any atom is -0.392 e. The summed E-state index contributed by atoms with van der Waals surface area (Å²) in [6, 6.07) is 1.74. The monoisotopic (exact) mass is 185 g/mol. The van der Waals surface area contributed by atoms with Crippen LogP contribution in [0, 0.1) is 0 Å². The quantitative estimate of drug-likeness (QED) is 0.744. The first kappa shape index (κ1) is 9.35. The molecule has 1 atom stereocenters. The van der Waals surface area contributed by atoms with Gasteiger partial charge < -0.3 is 5.11 Å². The highest BCUT2D eigenvalue weighted by molar-refractivity contribution is 7.83. The van der Waals surface area contributed by atoms with Gasteiger partial charge in [0, 0.05) is 29.4 Å². The summed E-state index contributed by atoms with van der Waals surface area (Å²) >= 11 is 0. The Hall–Kier alpha value is -0.740. The van der Waals surface area contributed by atoms with E-state index < -0.39 is 10.8 Å². The zero-order valence-corrected chi connectivity index (χ0v) is 7.67. The van der Waals surface area contributed by atoms with Crippen molar-refractivity contribution in [2.75, 3.05) is 6.26 Å². The molecule has 0 amide bonds. The third-order valence-corrected chi connectivity index (χ3v) is 2.25. The number of aliphatic hydroxyl groups is 1. The van der Waals surface area contributed by atoms with Gasteiger partial charge in [-0.2, -0.15) is 0 Å². The molecule has 1 heterocycles. The van der Waals surface area contributed by atoms with Crippen molar-refractivity contribution in [2.45, 2.75) is 12.4 Å². The Balaban J connectivity index is 2.89. The van der Waals surface area contributed by atoms with Gasteiger partial charge in [0.05, 0.1) is 12.4 Å². The molecule has 0 spiro atoms. The zero-order chi connectivity index (χ0) is 8.97. The highest BCUT2D eigenvalue weighted by Crippen LogP contribution is 2.08. The molecule has 12 heavy (non-hydrogen) atoms. The highest BCUT2D eigenvalue weighted by atomic mass is 32.2. The van der Waals surface area contributed by atoms with Crippen LogP contribution >= 0.6 is 0 Å². The zero-order valence-electron chi connectivity index (χ0n) is 6.86. The summed E-state index contributed by atoms with van der Waals surface area (Å²) in [5.41, 5.74) is 1.67. The van der Waals surface area contributed by atoms with Crippen molar-refractivity contribution in [1.82, 2.24) is 4.98 Å². The molecule has 0 aliphatic carbocycles. The van der Waals surface area contributed by atoms with E-state index in [0.29, 0.717) is 5.75 Å². The summed E-state index contributed by atoms with van der Waals surface area (Å²) < 4.78 is 10.9. The van der Waals surface area contributed by atoms with Gasteiger partial charge in [0.2, 0.25) is 0 Å². The van der Waals surface area contributed by atoms with Crippen molar-refractivity contribution in [3.8, 4) is 0 Å². The third kappa shape index (κ3) is 2.39. The fourth-order valence-corrected chi connectivity index (χ4v) is 1.66. The van der Waals surface area contributed by atoms with Crippen LogP contribution in [0.4, 0.5) is 0 Å². The summed E-state index contributed by atoms with van der Waals surface area (Å²) in [4.78, 5) is 3.90. The van der Waals surface area contributed by atoms with Crippen molar-refractivity contribution in [1.29, 1.82) is 0 Å². The lowest BCUT2D eigenvalue weighted by Crippen LogP contribution is -1.98. The van der Waals surface area contributed by atoms with Crippen LogP contribution in [0.15, 0.2) is 18.5 Å². The first-order chi connectivity index (χ1) is 5.74. The summed E-state index contributed by atoms with van der Waals surface area (Å²) in [5, 5.41) is 8.90. The number of hydrogen-bond donors (Lipinski definition) is 1. The molecule has 1 aromatic heterocycles. The number of nitrogens with zero attached hydrogens (tertiary/aromatic N) is 1. The molecule has 1 N–H and O–H groups in total. The summed E-state index contributed by atoms with van der Waals surface area (Å²) in [7, 11) is -0.880. The van der Waals surface area contributed by atoms with Crippen molar-refractivity contribution < 1.29 is 9.32 Å². The van der Waals surface area contributed by atoms with Crippen LogP contribution in [0.2, 0.25) is 0 Å². The summed E-state index contributed by atoms with van der Waals surface area (Å²) in [6.07, 6.45) is 4.90. The van der Waals surface area contributed by atoms with Crippen LogP contribution in [-0.4, -0.2) is 20.6 Å². The largest absolute Gasteiger partial charge is 0.392 e. The van der Waals surface area contributed by atoms with Crippen LogP contribution in [0.5, 0.6) is 0 Å². The molecule has 1 rings (SSSR count). The first-order valence-electron chi connectivity index (χ1n) is 3.56. The Kier molecular flexibility index (Phi) is 3.37. The Morgan fingerprint density at radius 2 is 2.33 bits per heavy atom. The molecule has 0 saturated carbocycles.